The number of hydrogen-bond donors (Lipinski definition) is 0. The smallest absolute Gasteiger partial charge is 0.0329 e. The van der Waals surface area contributed by atoms with Crippen LogP contribution in [0.3, 0.4) is 0 Å². The van der Waals surface area contributed by atoms with Gasteiger partial charge in [-0.1, -0.05) is 19.6 Å². The minimum Gasteiger partial charge on any atom is -0.262 e. The van der Waals surface area contributed by atoms with Crippen molar-refractivity contribution >= 4 is 6.21 Å². The molecule has 0 unspecified atom stereocenters. The first kappa shape index (κ1) is 9.15. The fourth-order valence-corrected chi connectivity index (χ4v) is 0.359. The summed E-state index contributed by atoms with van der Waals surface area (Å²) in [6.07, 6.45) is 4.78. The van der Waals surface area contributed by atoms with Gasteiger partial charge in [-0.15, -0.1) is 0 Å². The van der Waals surface area contributed by atoms with Gasteiger partial charge in [-0.05, 0) is 25.8 Å². The summed E-state index contributed by atoms with van der Waals surface area (Å²) in [5, 5.41) is 0. The summed E-state index contributed by atoms with van der Waals surface area (Å²) in [6, 6.07) is 0. The van der Waals surface area contributed by atoms with Gasteiger partial charge in [0.2, 0.25) is 0 Å². The highest BCUT2D eigenvalue weighted by molar-refractivity contribution is 5.78. The zero-order chi connectivity index (χ0) is 7.98. The summed E-state index contributed by atoms with van der Waals surface area (Å²) in [5.41, 5.74) is 2.11. The van der Waals surface area contributed by atoms with E-state index in [1.165, 1.54) is 5.57 Å². The van der Waals surface area contributed by atoms with Gasteiger partial charge < -0.3 is 0 Å². The third-order valence-electron chi connectivity index (χ3n) is 1.31. The molecule has 0 aliphatic carbocycles. The molecule has 0 rings (SSSR count). The first-order chi connectivity index (χ1) is 4.70. The van der Waals surface area contributed by atoms with Crippen LogP contribution in [0.2, 0.25) is 0 Å². The van der Waals surface area contributed by atoms with Gasteiger partial charge in [0.05, 0.1) is 0 Å². The Morgan fingerprint density at radius 1 is 1.60 bits per heavy atom. The Labute approximate surface area is 63.2 Å². The summed E-state index contributed by atoms with van der Waals surface area (Å²) >= 11 is 0. The van der Waals surface area contributed by atoms with Crippen LogP contribution in [0.25, 0.3) is 0 Å². The zero-order valence-corrected chi connectivity index (χ0v) is 7.02. The number of aliphatic imine (C=N–C) groups is 1. The first-order valence-electron chi connectivity index (χ1n) is 3.55. The Bertz CT molecular complexity index is 164. The van der Waals surface area contributed by atoms with Crippen molar-refractivity contribution in [3.8, 4) is 0 Å². The molecule has 0 aliphatic rings. The standard InChI is InChI=1S/C9H15N/c1-5-8(3)7-10-9(4)6-2/h5,7H,4,6H2,1-3H3/b8-5-,10-7-. The SMILES string of the molecule is C=C(CC)/N=C\C(C)=C/C. The molecule has 0 heterocycles. The van der Waals surface area contributed by atoms with Gasteiger partial charge in [-0.3, -0.25) is 4.99 Å². The number of rotatable bonds is 3. The molecule has 0 amide bonds. The average molecular weight is 137 g/mol. The minimum absolute atomic E-state index is 0.924. The Morgan fingerprint density at radius 3 is 2.60 bits per heavy atom. The van der Waals surface area contributed by atoms with E-state index in [0.717, 1.165) is 12.1 Å². The molecule has 0 saturated heterocycles. The van der Waals surface area contributed by atoms with Gasteiger partial charge in [-0.25, -0.2) is 0 Å². The van der Waals surface area contributed by atoms with E-state index in [1.807, 2.05) is 33.1 Å². The number of hydrogen-bond acceptors (Lipinski definition) is 1. The van der Waals surface area contributed by atoms with Crippen molar-refractivity contribution in [2.75, 3.05) is 0 Å². The van der Waals surface area contributed by atoms with Crippen molar-refractivity contribution in [3.05, 3.63) is 23.9 Å². The molecular formula is C9H15N. The highest BCUT2D eigenvalue weighted by Gasteiger charge is 1.81. The van der Waals surface area contributed by atoms with Crippen LogP contribution in [0, 0.1) is 0 Å². The average Bonchev–Trinajstić information content (AvgIpc) is 1.99. The molecule has 1 nitrogen and oxygen atoms in total. The predicted octanol–water partition coefficient (Wildman–Crippen LogP) is 2.95. The van der Waals surface area contributed by atoms with Crippen LogP contribution in [0.1, 0.15) is 27.2 Å². The maximum atomic E-state index is 4.13. The lowest BCUT2D eigenvalue weighted by Crippen LogP contribution is -1.77. The Morgan fingerprint density at radius 2 is 2.20 bits per heavy atom. The van der Waals surface area contributed by atoms with Crippen molar-refractivity contribution in [2.24, 2.45) is 4.99 Å². The van der Waals surface area contributed by atoms with E-state index in [2.05, 4.69) is 11.6 Å². The van der Waals surface area contributed by atoms with Crippen LogP contribution in [-0.2, 0) is 0 Å². The quantitative estimate of drug-likeness (QED) is 0.530. The van der Waals surface area contributed by atoms with Gasteiger partial charge in [0.25, 0.3) is 0 Å². The van der Waals surface area contributed by atoms with Crippen molar-refractivity contribution in [1.82, 2.24) is 0 Å². The second kappa shape index (κ2) is 4.98. The molecule has 1 heteroatoms. The molecule has 0 atom stereocenters. The molecule has 0 aliphatic heterocycles. The maximum absolute atomic E-state index is 4.13. The fourth-order valence-electron chi connectivity index (χ4n) is 0.359. The van der Waals surface area contributed by atoms with E-state index in [4.69, 9.17) is 0 Å². The van der Waals surface area contributed by atoms with Gasteiger partial charge >= 0.3 is 0 Å². The molecule has 0 fully saturated rings. The molecule has 0 N–H and O–H groups in total. The zero-order valence-electron chi connectivity index (χ0n) is 7.02. The summed E-state index contributed by atoms with van der Waals surface area (Å²) in [5.74, 6) is 0. The third-order valence-corrected chi connectivity index (χ3v) is 1.31. The minimum atomic E-state index is 0.924. The van der Waals surface area contributed by atoms with Crippen LogP contribution in [-0.4, -0.2) is 6.21 Å². The van der Waals surface area contributed by atoms with E-state index in [-0.39, 0.29) is 0 Å². The van der Waals surface area contributed by atoms with Crippen LogP contribution in [0.4, 0.5) is 0 Å². The topological polar surface area (TPSA) is 12.4 Å². The normalized spacial score (nSPS) is 12.5. The van der Waals surface area contributed by atoms with E-state index in [1.54, 1.807) is 0 Å². The molecule has 0 saturated carbocycles. The molecule has 0 radical (unpaired) electrons. The van der Waals surface area contributed by atoms with Crippen LogP contribution < -0.4 is 0 Å². The molecule has 0 spiro atoms. The molecule has 0 bridgehead atoms. The van der Waals surface area contributed by atoms with E-state index >= 15 is 0 Å². The lowest BCUT2D eigenvalue weighted by Gasteiger charge is -1.91. The van der Waals surface area contributed by atoms with Gasteiger partial charge in [-0.2, -0.15) is 0 Å². The van der Waals surface area contributed by atoms with Gasteiger partial charge in [0, 0.05) is 11.9 Å². The molecular weight excluding hydrogens is 122 g/mol. The van der Waals surface area contributed by atoms with E-state index in [9.17, 15) is 0 Å². The summed E-state index contributed by atoms with van der Waals surface area (Å²) < 4.78 is 0. The molecule has 56 valence electrons. The van der Waals surface area contributed by atoms with Crippen molar-refractivity contribution in [1.29, 1.82) is 0 Å². The van der Waals surface area contributed by atoms with Crippen LogP contribution in [0.5, 0.6) is 0 Å². The summed E-state index contributed by atoms with van der Waals surface area (Å²) in [6.45, 7) is 9.82. The summed E-state index contributed by atoms with van der Waals surface area (Å²) in [7, 11) is 0. The maximum Gasteiger partial charge on any atom is 0.0329 e. The number of allylic oxidation sites excluding steroid dienone is 3. The lowest BCUT2D eigenvalue weighted by atomic mass is 10.3. The van der Waals surface area contributed by atoms with Gasteiger partial charge in [0.15, 0.2) is 0 Å². The summed E-state index contributed by atoms with van der Waals surface area (Å²) in [4.78, 5) is 4.13. The third kappa shape index (κ3) is 4.07. The fraction of sp³-hybridized carbons (Fsp3) is 0.444. The second-order valence-corrected chi connectivity index (χ2v) is 2.21. The predicted molar refractivity (Wildman–Crippen MR) is 47.4 cm³/mol. The molecule has 0 aromatic carbocycles. The number of nitrogens with zero attached hydrogens (tertiary/aromatic N) is 1. The van der Waals surface area contributed by atoms with Crippen molar-refractivity contribution in [3.63, 3.8) is 0 Å². The largest absolute Gasteiger partial charge is 0.262 e. The van der Waals surface area contributed by atoms with Crippen LogP contribution >= 0.6 is 0 Å². The van der Waals surface area contributed by atoms with Crippen molar-refractivity contribution in [2.45, 2.75) is 27.2 Å². The first-order valence-corrected chi connectivity index (χ1v) is 3.55. The van der Waals surface area contributed by atoms with E-state index < -0.39 is 0 Å². The van der Waals surface area contributed by atoms with Crippen molar-refractivity contribution < 1.29 is 0 Å². The second-order valence-electron chi connectivity index (χ2n) is 2.21. The highest BCUT2D eigenvalue weighted by atomic mass is 14.7. The Hall–Kier alpha value is -0.850. The monoisotopic (exact) mass is 137 g/mol. The molecule has 0 aromatic rings. The Balaban J connectivity index is 3.88. The molecule has 10 heavy (non-hydrogen) atoms. The van der Waals surface area contributed by atoms with Crippen LogP contribution in [0.15, 0.2) is 28.9 Å². The van der Waals surface area contributed by atoms with Gasteiger partial charge in [0.1, 0.15) is 0 Å². The highest BCUT2D eigenvalue weighted by Crippen LogP contribution is 1.97. The lowest BCUT2D eigenvalue weighted by molar-refractivity contribution is 1.08. The molecule has 0 aromatic heterocycles. The Kier molecular flexibility index (Phi) is 4.55. The van der Waals surface area contributed by atoms with E-state index in [0.29, 0.717) is 0 Å².